The maximum absolute atomic E-state index is 13.1. The normalized spacial score (nSPS) is 11.5. The van der Waals surface area contributed by atoms with Crippen molar-refractivity contribution in [1.29, 1.82) is 0 Å². The van der Waals surface area contributed by atoms with Crippen LogP contribution < -0.4 is 19.7 Å². The number of hydrogen-bond acceptors (Lipinski definition) is 6. The lowest BCUT2D eigenvalue weighted by molar-refractivity contribution is -0.137. The molecule has 0 radical (unpaired) electrons. The van der Waals surface area contributed by atoms with Gasteiger partial charge < -0.3 is 24.8 Å². The molecular formula is C36H38N2O6. The molecule has 0 heterocycles. The van der Waals surface area contributed by atoms with Crippen molar-refractivity contribution in [3.05, 3.63) is 120 Å². The van der Waals surface area contributed by atoms with E-state index in [0.29, 0.717) is 41.3 Å². The number of anilines is 2. The molecule has 228 valence electrons. The lowest BCUT2D eigenvalue weighted by Gasteiger charge is -2.24. The zero-order valence-corrected chi connectivity index (χ0v) is 25.2. The fraction of sp³-hybridized carbons (Fsp3) is 0.250. The summed E-state index contributed by atoms with van der Waals surface area (Å²) in [5.74, 6) is 0.278. The van der Waals surface area contributed by atoms with Crippen LogP contribution in [-0.2, 0) is 16.0 Å². The van der Waals surface area contributed by atoms with E-state index < -0.39 is 12.0 Å². The van der Waals surface area contributed by atoms with Crippen molar-refractivity contribution in [2.24, 2.45) is 5.92 Å². The second-order valence-corrected chi connectivity index (χ2v) is 10.8. The summed E-state index contributed by atoms with van der Waals surface area (Å²) in [6.07, 6.45) is 0.604. The average Bonchev–Trinajstić information content (AvgIpc) is 3.03. The number of para-hydroxylation sites is 1. The average molecular weight is 595 g/mol. The number of methoxy groups -OCH3 is 1. The Kier molecular flexibility index (Phi) is 11.1. The van der Waals surface area contributed by atoms with E-state index in [2.05, 4.69) is 5.32 Å². The molecule has 1 atom stereocenters. The topological polar surface area (TPSA) is 105 Å². The predicted octanol–water partition coefficient (Wildman–Crippen LogP) is 6.49. The molecule has 0 saturated carbocycles. The molecule has 4 aromatic carbocycles. The van der Waals surface area contributed by atoms with Crippen LogP contribution in [0.5, 0.6) is 11.5 Å². The first-order valence-electron chi connectivity index (χ1n) is 14.6. The summed E-state index contributed by atoms with van der Waals surface area (Å²) >= 11 is 0. The Morgan fingerprint density at radius 1 is 0.841 bits per heavy atom. The molecule has 8 heteroatoms. The Labute approximate surface area is 258 Å². The molecule has 1 amide bonds. The summed E-state index contributed by atoms with van der Waals surface area (Å²) in [5.41, 5.74) is 2.92. The van der Waals surface area contributed by atoms with Crippen molar-refractivity contribution in [3.8, 4) is 11.5 Å². The van der Waals surface area contributed by atoms with Gasteiger partial charge in [0, 0.05) is 41.4 Å². The van der Waals surface area contributed by atoms with Crippen molar-refractivity contribution in [3.63, 3.8) is 0 Å². The molecule has 2 N–H and O–H groups in total. The Bertz CT molecular complexity index is 1550. The first-order valence-corrected chi connectivity index (χ1v) is 14.6. The predicted molar refractivity (Wildman–Crippen MR) is 172 cm³/mol. The van der Waals surface area contributed by atoms with E-state index in [-0.39, 0.29) is 30.6 Å². The van der Waals surface area contributed by atoms with Crippen LogP contribution in [0.1, 0.15) is 41.8 Å². The summed E-state index contributed by atoms with van der Waals surface area (Å²) in [7, 11) is 1.59. The van der Waals surface area contributed by atoms with E-state index >= 15 is 0 Å². The minimum Gasteiger partial charge on any atom is -0.497 e. The molecule has 4 rings (SSSR count). The van der Waals surface area contributed by atoms with E-state index in [1.165, 1.54) is 0 Å². The van der Waals surface area contributed by atoms with Crippen LogP contribution in [-0.4, -0.2) is 49.1 Å². The van der Waals surface area contributed by atoms with Gasteiger partial charge in [0.2, 0.25) is 5.91 Å². The number of nitrogens with zero attached hydrogens (tertiary/aromatic N) is 1. The molecule has 0 fully saturated rings. The van der Waals surface area contributed by atoms with Gasteiger partial charge in [0.25, 0.3) is 0 Å². The van der Waals surface area contributed by atoms with Gasteiger partial charge in [-0.25, -0.2) is 4.79 Å². The fourth-order valence-electron chi connectivity index (χ4n) is 4.79. The molecule has 0 spiro atoms. The van der Waals surface area contributed by atoms with Gasteiger partial charge in [-0.15, -0.1) is 0 Å². The second kappa shape index (κ2) is 15.4. The number of rotatable bonds is 15. The monoisotopic (exact) mass is 594 g/mol. The van der Waals surface area contributed by atoms with Crippen LogP contribution in [0.25, 0.3) is 0 Å². The number of ketones is 1. The Hall–Kier alpha value is -5.11. The minimum absolute atomic E-state index is 0.00598. The molecule has 0 aliphatic carbocycles. The highest BCUT2D eigenvalue weighted by Gasteiger charge is 2.22. The quantitative estimate of drug-likeness (QED) is 0.152. The fourth-order valence-corrected chi connectivity index (χ4v) is 4.79. The highest BCUT2D eigenvalue weighted by Crippen LogP contribution is 2.24. The molecule has 0 aromatic heterocycles. The minimum atomic E-state index is -1.03. The van der Waals surface area contributed by atoms with Gasteiger partial charge in [-0.2, -0.15) is 0 Å². The second-order valence-electron chi connectivity index (χ2n) is 10.8. The van der Waals surface area contributed by atoms with Crippen molar-refractivity contribution in [1.82, 2.24) is 0 Å². The highest BCUT2D eigenvalue weighted by molar-refractivity contribution is 6.12. The van der Waals surface area contributed by atoms with Crippen LogP contribution in [0.2, 0.25) is 0 Å². The van der Waals surface area contributed by atoms with E-state index in [1.807, 2.05) is 56.3 Å². The first kappa shape index (κ1) is 31.8. The van der Waals surface area contributed by atoms with Gasteiger partial charge in [0.1, 0.15) is 24.1 Å². The summed E-state index contributed by atoms with van der Waals surface area (Å²) in [5, 5.41) is 13.0. The van der Waals surface area contributed by atoms with Crippen LogP contribution in [0, 0.1) is 5.92 Å². The Morgan fingerprint density at radius 3 is 2.23 bits per heavy atom. The molecule has 0 bridgehead atoms. The number of hydrogen-bond donors (Lipinski definition) is 2. The lowest BCUT2D eigenvalue weighted by atomic mass is 10.00. The van der Waals surface area contributed by atoms with Crippen LogP contribution in [0.15, 0.2) is 103 Å². The van der Waals surface area contributed by atoms with Gasteiger partial charge in [0.05, 0.1) is 13.7 Å². The standard InChI is InChI=1S/C36H38N2O6/c1-25(2)22-34(39)38(28-12-9-13-30(24-28)43-3)20-21-44-29-18-16-26(17-19-29)23-33(36(41)42)37-32-15-8-7-14-31(32)35(40)27-10-5-4-6-11-27/h4-19,24-25,33,37H,20-23H2,1-3H3,(H,41,42)/t33-/m0/s1. The van der Waals surface area contributed by atoms with E-state index in [1.54, 1.807) is 72.7 Å². The number of carboxylic acid groups (broad SMARTS) is 1. The molecular weight excluding hydrogens is 556 g/mol. The molecule has 0 unspecified atom stereocenters. The third-order valence-corrected chi connectivity index (χ3v) is 7.03. The van der Waals surface area contributed by atoms with Crippen molar-refractivity contribution >= 4 is 29.0 Å². The van der Waals surface area contributed by atoms with Crippen LogP contribution >= 0.6 is 0 Å². The number of carboxylic acids is 1. The molecule has 4 aromatic rings. The van der Waals surface area contributed by atoms with Crippen molar-refractivity contribution in [2.75, 3.05) is 30.5 Å². The number of ether oxygens (including phenoxy) is 2. The number of benzene rings is 4. The molecule has 0 aliphatic rings. The molecule has 44 heavy (non-hydrogen) atoms. The van der Waals surface area contributed by atoms with Gasteiger partial charge >= 0.3 is 5.97 Å². The number of nitrogens with one attached hydrogen (secondary N) is 1. The number of carbonyl (C=O) groups is 3. The van der Waals surface area contributed by atoms with Gasteiger partial charge in [-0.3, -0.25) is 9.59 Å². The summed E-state index contributed by atoms with van der Waals surface area (Å²) < 4.78 is 11.3. The smallest absolute Gasteiger partial charge is 0.326 e. The Balaban J connectivity index is 1.39. The summed E-state index contributed by atoms with van der Waals surface area (Å²) in [4.78, 5) is 40.0. The molecule has 8 nitrogen and oxygen atoms in total. The molecule has 0 aliphatic heterocycles. The van der Waals surface area contributed by atoms with Crippen molar-refractivity contribution < 1.29 is 29.0 Å². The van der Waals surface area contributed by atoms with Crippen LogP contribution in [0.3, 0.4) is 0 Å². The van der Waals surface area contributed by atoms with Crippen LogP contribution in [0.4, 0.5) is 11.4 Å². The van der Waals surface area contributed by atoms with Gasteiger partial charge in [-0.05, 0) is 47.9 Å². The first-order chi connectivity index (χ1) is 21.2. The van der Waals surface area contributed by atoms with Gasteiger partial charge in [0.15, 0.2) is 5.78 Å². The number of aliphatic carboxylic acids is 1. The van der Waals surface area contributed by atoms with E-state index in [0.717, 1.165) is 11.3 Å². The summed E-state index contributed by atoms with van der Waals surface area (Å²) in [6, 6.07) is 29.4. The largest absolute Gasteiger partial charge is 0.497 e. The Morgan fingerprint density at radius 2 is 1.55 bits per heavy atom. The SMILES string of the molecule is COc1cccc(N(CCOc2ccc(C[C@H](Nc3ccccc3C(=O)c3ccccc3)C(=O)O)cc2)C(=O)CC(C)C)c1. The number of amides is 1. The highest BCUT2D eigenvalue weighted by atomic mass is 16.5. The lowest BCUT2D eigenvalue weighted by Crippen LogP contribution is -2.35. The third-order valence-electron chi connectivity index (χ3n) is 7.03. The van der Waals surface area contributed by atoms with E-state index in [4.69, 9.17) is 9.47 Å². The zero-order chi connectivity index (χ0) is 31.5. The van der Waals surface area contributed by atoms with Gasteiger partial charge in [-0.1, -0.05) is 74.5 Å². The zero-order valence-electron chi connectivity index (χ0n) is 25.2. The van der Waals surface area contributed by atoms with Crippen molar-refractivity contribution in [2.45, 2.75) is 32.7 Å². The maximum atomic E-state index is 13.1. The molecule has 0 saturated heterocycles. The van der Waals surface area contributed by atoms with E-state index in [9.17, 15) is 19.5 Å². The maximum Gasteiger partial charge on any atom is 0.326 e. The summed E-state index contributed by atoms with van der Waals surface area (Å²) in [6.45, 7) is 4.64. The number of carbonyl (C=O) groups excluding carboxylic acids is 2. The third kappa shape index (κ3) is 8.70.